The van der Waals surface area contributed by atoms with E-state index in [1.165, 1.54) is 0 Å². The van der Waals surface area contributed by atoms with E-state index in [0.717, 1.165) is 27.0 Å². The molecule has 7 heteroatoms. The summed E-state index contributed by atoms with van der Waals surface area (Å²) in [5, 5.41) is 9.92. The minimum Gasteiger partial charge on any atom is -0.497 e. The van der Waals surface area contributed by atoms with Gasteiger partial charge in [-0.15, -0.1) is 0 Å². The first-order chi connectivity index (χ1) is 12.6. The van der Waals surface area contributed by atoms with Gasteiger partial charge in [0.2, 0.25) is 0 Å². The van der Waals surface area contributed by atoms with Gasteiger partial charge in [0.15, 0.2) is 0 Å². The van der Waals surface area contributed by atoms with Crippen LogP contribution in [0, 0.1) is 0 Å². The average molecular weight is 415 g/mol. The van der Waals surface area contributed by atoms with Gasteiger partial charge in [-0.05, 0) is 45.8 Å². The van der Waals surface area contributed by atoms with E-state index in [9.17, 15) is 4.79 Å². The SMILES string of the molecule is COc1ccc(CNC(=O)Nc2cccc(-c3c(Br)cnn3C)c2)cc1. The first-order valence-electron chi connectivity index (χ1n) is 8.02. The molecule has 0 saturated carbocycles. The van der Waals surface area contributed by atoms with Crippen LogP contribution in [0.15, 0.2) is 59.2 Å². The van der Waals surface area contributed by atoms with Crippen LogP contribution >= 0.6 is 15.9 Å². The highest BCUT2D eigenvalue weighted by molar-refractivity contribution is 9.10. The van der Waals surface area contributed by atoms with Crippen molar-refractivity contribution in [3.05, 3.63) is 64.8 Å². The van der Waals surface area contributed by atoms with E-state index < -0.39 is 0 Å². The Morgan fingerprint density at radius 1 is 1.23 bits per heavy atom. The third kappa shape index (κ3) is 4.23. The fourth-order valence-corrected chi connectivity index (χ4v) is 3.16. The molecule has 1 heterocycles. The Hall–Kier alpha value is -2.80. The van der Waals surface area contributed by atoms with E-state index in [1.807, 2.05) is 55.6 Å². The van der Waals surface area contributed by atoms with Crippen molar-refractivity contribution in [2.24, 2.45) is 7.05 Å². The maximum absolute atomic E-state index is 12.2. The minimum atomic E-state index is -0.262. The number of aryl methyl sites for hydroxylation is 1. The summed E-state index contributed by atoms with van der Waals surface area (Å²) in [6.45, 7) is 0.433. The first kappa shape index (κ1) is 18.0. The zero-order valence-electron chi connectivity index (χ0n) is 14.5. The Morgan fingerprint density at radius 3 is 2.65 bits per heavy atom. The number of hydrogen-bond acceptors (Lipinski definition) is 3. The molecule has 0 bridgehead atoms. The number of rotatable bonds is 5. The van der Waals surface area contributed by atoms with Crippen molar-refractivity contribution in [2.45, 2.75) is 6.54 Å². The highest BCUT2D eigenvalue weighted by atomic mass is 79.9. The van der Waals surface area contributed by atoms with E-state index in [0.29, 0.717) is 12.2 Å². The van der Waals surface area contributed by atoms with Crippen LogP contribution in [0.3, 0.4) is 0 Å². The predicted octanol–water partition coefficient (Wildman–Crippen LogP) is 4.18. The Balaban J connectivity index is 1.63. The predicted molar refractivity (Wildman–Crippen MR) is 105 cm³/mol. The molecule has 0 atom stereocenters. The van der Waals surface area contributed by atoms with E-state index in [-0.39, 0.29) is 6.03 Å². The second-order valence-corrected chi connectivity index (χ2v) is 6.56. The highest BCUT2D eigenvalue weighted by Gasteiger charge is 2.10. The molecule has 0 aliphatic rings. The molecule has 26 heavy (non-hydrogen) atoms. The summed E-state index contributed by atoms with van der Waals surface area (Å²) < 4.78 is 7.81. The molecule has 2 amide bonds. The highest BCUT2D eigenvalue weighted by Crippen LogP contribution is 2.29. The molecule has 2 aromatic carbocycles. The fourth-order valence-electron chi connectivity index (χ4n) is 2.58. The topological polar surface area (TPSA) is 68.2 Å². The van der Waals surface area contributed by atoms with Crippen LogP contribution in [0.25, 0.3) is 11.3 Å². The summed E-state index contributed by atoms with van der Waals surface area (Å²) in [6, 6.07) is 14.9. The van der Waals surface area contributed by atoms with Gasteiger partial charge in [-0.3, -0.25) is 4.68 Å². The standard InChI is InChI=1S/C19H19BrN4O2/c1-24-18(17(20)12-22-24)14-4-3-5-15(10-14)23-19(25)21-11-13-6-8-16(26-2)9-7-13/h3-10,12H,11H2,1-2H3,(H2,21,23,25). The van der Waals surface area contributed by atoms with Gasteiger partial charge in [0.05, 0.1) is 23.5 Å². The van der Waals surface area contributed by atoms with E-state index in [2.05, 4.69) is 31.7 Å². The Kier molecular flexibility index (Phi) is 5.58. The van der Waals surface area contributed by atoms with Crippen molar-refractivity contribution in [1.29, 1.82) is 0 Å². The van der Waals surface area contributed by atoms with Crippen LogP contribution in [0.2, 0.25) is 0 Å². The molecule has 0 spiro atoms. The molecule has 0 unspecified atom stereocenters. The number of amides is 2. The van der Waals surface area contributed by atoms with Gasteiger partial charge < -0.3 is 15.4 Å². The number of anilines is 1. The largest absolute Gasteiger partial charge is 0.497 e. The number of carbonyl (C=O) groups excluding carboxylic acids is 1. The summed E-state index contributed by atoms with van der Waals surface area (Å²) in [4.78, 5) is 12.2. The van der Waals surface area contributed by atoms with E-state index >= 15 is 0 Å². The molecule has 6 nitrogen and oxygen atoms in total. The molecule has 2 N–H and O–H groups in total. The van der Waals surface area contributed by atoms with Gasteiger partial charge in [0.25, 0.3) is 0 Å². The van der Waals surface area contributed by atoms with Gasteiger partial charge in [-0.25, -0.2) is 4.79 Å². The van der Waals surface area contributed by atoms with Gasteiger partial charge in [-0.2, -0.15) is 5.10 Å². The van der Waals surface area contributed by atoms with E-state index in [1.54, 1.807) is 18.0 Å². The van der Waals surface area contributed by atoms with Gasteiger partial charge in [0.1, 0.15) is 5.75 Å². The Bertz CT molecular complexity index is 887. The number of urea groups is 1. The number of aromatic nitrogens is 2. The molecule has 0 radical (unpaired) electrons. The normalized spacial score (nSPS) is 10.4. The number of nitrogens with one attached hydrogen (secondary N) is 2. The van der Waals surface area contributed by atoms with Gasteiger partial charge >= 0.3 is 6.03 Å². The van der Waals surface area contributed by atoms with E-state index in [4.69, 9.17) is 4.74 Å². The van der Waals surface area contributed by atoms with Crippen molar-refractivity contribution in [3.8, 4) is 17.0 Å². The molecule has 3 aromatic rings. The number of hydrogen-bond donors (Lipinski definition) is 2. The number of ether oxygens (including phenoxy) is 1. The van der Waals surface area contributed by atoms with Crippen molar-refractivity contribution < 1.29 is 9.53 Å². The smallest absolute Gasteiger partial charge is 0.319 e. The zero-order valence-corrected chi connectivity index (χ0v) is 16.1. The van der Waals surface area contributed by atoms with Crippen molar-refractivity contribution in [3.63, 3.8) is 0 Å². The van der Waals surface area contributed by atoms with Crippen LogP contribution < -0.4 is 15.4 Å². The number of carbonyl (C=O) groups is 1. The van der Waals surface area contributed by atoms with Crippen LogP contribution in [0.1, 0.15) is 5.56 Å². The third-order valence-electron chi connectivity index (χ3n) is 3.90. The molecular weight excluding hydrogens is 396 g/mol. The molecule has 0 fully saturated rings. The van der Waals surface area contributed by atoms with Crippen LogP contribution in [0.4, 0.5) is 10.5 Å². The zero-order chi connectivity index (χ0) is 18.5. The quantitative estimate of drug-likeness (QED) is 0.657. The summed E-state index contributed by atoms with van der Waals surface area (Å²) in [5.41, 5.74) is 3.62. The number of methoxy groups -OCH3 is 1. The van der Waals surface area contributed by atoms with Crippen molar-refractivity contribution in [1.82, 2.24) is 15.1 Å². The monoisotopic (exact) mass is 414 g/mol. The van der Waals surface area contributed by atoms with Gasteiger partial charge in [-0.1, -0.05) is 24.3 Å². The average Bonchev–Trinajstić information content (AvgIpc) is 2.99. The third-order valence-corrected chi connectivity index (χ3v) is 4.48. The lowest BCUT2D eigenvalue weighted by atomic mass is 10.1. The molecule has 0 aliphatic carbocycles. The summed E-state index contributed by atoms with van der Waals surface area (Å²) >= 11 is 3.50. The molecule has 0 aliphatic heterocycles. The molecule has 1 aromatic heterocycles. The maximum atomic E-state index is 12.2. The molecule has 0 saturated heterocycles. The number of halogens is 1. The first-order valence-corrected chi connectivity index (χ1v) is 8.82. The Labute approximate surface area is 160 Å². The van der Waals surface area contributed by atoms with Gasteiger partial charge in [0, 0.05) is 24.8 Å². The lowest BCUT2D eigenvalue weighted by Gasteiger charge is -2.10. The molecule has 134 valence electrons. The van der Waals surface area contributed by atoms with Crippen LogP contribution in [0.5, 0.6) is 5.75 Å². The summed E-state index contributed by atoms with van der Waals surface area (Å²) in [7, 11) is 3.50. The molecule has 3 rings (SSSR count). The van der Waals surface area contributed by atoms with Crippen LogP contribution in [-0.2, 0) is 13.6 Å². The number of benzene rings is 2. The van der Waals surface area contributed by atoms with Crippen molar-refractivity contribution in [2.75, 3.05) is 12.4 Å². The maximum Gasteiger partial charge on any atom is 0.319 e. The minimum absolute atomic E-state index is 0.262. The van der Waals surface area contributed by atoms with Crippen molar-refractivity contribution >= 4 is 27.6 Å². The summed E-state index contributed by atoms with van der Waals surface area (Å²) in [5.74, 6) is 0.788. The summed E-state index contributed by atoms with van der Waals surface area (Å²) in [6.07, 6.45) is 1.75. The number of nitrogens with zero attached hydrogens (tertiary/aromatic N) is 2. The fraction of sp³-hybridized carbons (Fsp3) is 0.158. The second-order valence-electron chi connectivity index (χ2n) is 5.70. The second kappa shape index (κ2) is 8.05. The lowest BCUT2D eigenvalue weighted by Crippen LogP contribution is -2.28. The molecular formula is C19H19BrN4O2. The Morgan fingerprint density at radius 2 is 2.00 bits per heavy atom. The van der Waals surface area contributed by atoms with Crippen LogP contribution in [-0.4, -0.2) is 22.9 Å². The lowest BCUT2D eigenvalue weighted by molar-refractivity contribution is 0.251.